The summed E-state index contributed by atoms with van der Waals surface area (Å²) in [5.74, 6) is -0.226. The van der Waals surface area contributed by atoms with E-state index in [0.29, 0.717) is 11.6 Å². The standard InChI is InChI=1S/C14H15F2N3/c1-2-9-17-12-7-4-8-13(18-12)19-14-10(15)5-3-6-11(14)16/h3-8H,2,9H2,1H3,(H2,17,18,19). The molecule has 2 rings (SSSR count). The van der Waals surface area contributed by atoms with Gasteiger partial charge in [0.05, 0.1) is 0 Å². The van der Waals surface area contributed by atoms with E-state index >= 15 is 0 Å². The van der Waals surface area contributed by atoms with Gasteiger partial charge < -0.3 is 10.6 Å². The molecule has 0 aliphatic rings. The molecule has 19 heavy (non-hydrogen) atoms. The number of pyridine rings is 1. The first-order valence-electron chi connectivity index (χ1n) is 6.12. The maximum absolute atomic E-state index is 13.5. The summed E-state index contributed by atoms with van der Waals surface area (Å²) in [5.41, 5.74) is -0.192. The topological polar surface area (TPSA) is 37.0 Å². The Bertz CT molecular complexity index is 538. The Labute approximate surface area is 110 Å². The highest BCUT2D eigenvalue weighted by Gasteiger charge is 2.09. The average molecular weight is 263 g/mol. The van der Waals surface area contributed by atoms with Crippen LogP contribution in [-0.2, 0) is 0 Å². The van der Waals surface area contributed by atoms with E-state index in [1.54, 1.807) is 18.2 Å². The largest absolute Gasteiger partial charge is 0.370 e. The molecule has 0 aliphatic carbocycles. The lowest BCUT2D eigenvalue weighted by molar-refractivity contribution is 0.590. The highest BCUT2D eigenvalue weighted by atomic mass is 19.1. The van der Waals surface area contributed by atoms with Crippen LogP contribution in [0.2, 0.25) is 0 Å². The maximum atomic E-state index is 13.5. The Morgan fingerprint density at radius 2 is 1.63 bits per heavy atom. The van der Waals surface area contributed by atoms with Crippen molar-refractivity contribution in [2.75, 3.05) is 17.2 Å². The summed E-state index contributed by atoms with van der Waals surface area (Å²) in [5, 5.41) is 5.77. The molecule has 0 saturated heterocycles. The van der Waals surface area contributed by atoms with Crippen LogP contribution in [0, 0.1) is 11.6 Å². The van der Waals surface area contributed by atoms with Gasteiger partial charge in [-0.3, -0.25) is 0 Å². The third-order valence-electron chi connectivity index (χ3n) is 2.52. The zero-order valence-corrected chi connectivity index (χ0v) is 10.6. The van der Waals surface area contributed by atoms with E-state index in [2.05, 4.69) is 15.6 Å². The number of benzene rings is 1. The number of rotatable bonds is 5. The first-order chi connectivity index (χ1) is 9.20. The Morgan fingerprint density at radius 3 is 2.32 bits per heavy atom. The number of anilines is 3. The van der Waals surface area contributed by atoms with Gasteiger partial charge >= 0.3 is 0 Å². The fourth-order valence-electron chi connectivity index (χ4n) is 1.60. The van der Waals surface area contributed by atoms with Gasteiger partial charge in [-0.2, -0.15) is 0 Å². The molecule has 0 spiro atoms. The van der Waals surface area contributed by atoms with Crippen molar-refractivity contribution in [3.63, 3.8) is 0 Å². The second-order valence-electron chi connectivity index (χ2n) is 4.06. The quantitative estimate of drug-likeness (QED) is 0.858. The third-order valence-corrected chi connectivity index (χ3v) is 2.52. The molecule has 2 N–H and O–H groups in total. The molecule has 1 heterocycles. The number of hydrogen-bond acceptors (Lipinski definition) is 3. The first kappa shape index (κ1) is 13.3. The number of hydrogen-bond donors (Lipinski definition) is 2. The normalized spacial score (nSPS) is 10.3. The van der Waals surface area contributed by atoms with E-state index in [4.69, 9.17) is 0 Å². The molecule has 3 nitrogen and oxygen atoms in total. The van der Waals surface area contributed by atoms with Crippen LogP contribution in [0.15, 0.2) is 36.4 Å². The smallest absolute Gasteiger partial charge is 0.149 e. The molecule has 5 heteroatoms. The predicted octanol–water partition coefficient (Wildman–Crippen LogP) is 3.93. The summed E-state index contributed by atoms with van der Waals surface area (Å²) in [6, 6.07) is 8.95. The molecule has 0 atom stereocenters. The van der Waals surface area contributed by atoms with Crippen LogP contribution in [0.1, 0.15) is 13.3 Å². The van der Waals surface area contributed by atoms with E-state index in [9.17, 15) is 8.78 Å². The van der Waals surface area contributed by atoms with Gasteiger partial charge in [0.2, 0.25) is 0 Å². The fraction of sp³-hybridized carbons (Fsp3) is 0.214. The molecule has 0 fully saturated rings. The number of nitrogens with one attached hydrogen (secondary N) is 2. The monoisotopic (exact) mass is 263 g/mol. The molecule has 0 aliphatic heterocycles. The fourth-order valence-corrected chi connectivity index (χ4v) is 1.60. The molecule has 0 amide bonds. The highest BCUT2D eigenvalue weighted by Crippen LogP contribution is 2.22. The SMILES string of the molecule is CCCNc1cccc(Nc2c(F)cccc2F)n1. The van der Waals surface area contributed by atoms with Crippen molar-refractivity contribution in [3.05, 3.63) is 48.0 Å². The lowest BCUT2D eigenvalue weighted by atomic mass is 10.3. The van der Waals surface area contributed by atoms with Gasteiger partial charge in [0.15, 0.2) is 0 Å². The van der Waals surface area contributed by atoms with Crippen molar-refractivity contribution < 1.29 is 8.78 Å². The van der Waals surface area contributed by atoms with Crippen LogP contribution in [0.5, 0.6) is 0 Å². The van der Waals surface area contributed by atoms with Crippen LogP contribution in [0.3, 0.4) is 0 Å². The molecule has 0 radical (unpaired) electrons. The van der Waals surface area contributed by atoms with Gasteiger partial charge in [0, 0.05) is 6.54 Å². The molecule has 0 saturated carbocycles. The van der Waals surface area contributed by atoms with E-state index in [1.807, 2.05) is 6.92 Å². The van der Waals surface area contributed by atoms with E-state index < -0.39 is 11.6 Å². The molecule has 100 valence electrons. The third kappa shape index (κ3) is 3.40. The highest BCUT2D eigenvalue weighted by molar-refractivity contribution is 5.59. The van der Waals surface area contributed by atoms with Crippen LogP contribution in [0.25, 0.3) is 0 Å². The van der Waals surface area contributed by atoms with Crippen molar-refractivity contribution >= 4 is 17.3 Å². The second-order valence-corrected chi connectivity index (χ2v) is 4.06. The molecule has 2 aromatic rings. The number of aromatic nitrogens is 1. The summed E-state index contributed by atoms with van der Waals surface area (Å²) >= 11 is 0. The molecule has 1 aromatic heterocycles. The zero-order chi connectivity index (χ0) is 13.7. The summed E-state index contributed by atoms with van der Waals surface area (Å²) in [6.07, 6.45) is 0.973. The average Bonchev–Trinajstić information content (AvgIpc) is 2.41. The van der Waals surface area contributed by atoms with Crippen LogP contribution in [-0.4, -0.2) is 11.5 Å². The Hall–Kier alpha value is -2.17. The minimum absolute atomic E-state index is 0.192. The predicted molar refractivity (Wildman–Crippen MR) is 72.7 cm³/mol. The summed E-state index contributed by atoms with van der Waals surface area (Å²) in [7, 11) is 0. The number of nitrogens with zero attached hydrogens (tertiary/aromatic N) is 1. The van der Waals surface area contributed by atoms with Crippen molar-refractivity contribution in [2.45, 2.75) is 13.3 Å². The molecule has 1 aromatic carbocycles. The summed E-state index contributed by atoms with van der Waals surface area (Å²) < 4.78 is 27.0. The maximum Gasteiger partial charge on any atom is 0.149 e. The van der Waals surface area contributed by atoms with Crippen molar-refractivity contribution in [1.82, 2.24) is 4.98 Å². The Morgan fingerprint density at radius 1 is 1.00 bits per heavy atom. The minimum atomic E-state index is -0.645. The minimum Gasteiger partial charge on any atom is -0.370 e. The lowest BCUT2D eigenvalue weighted by Crippen LogP contribution is -2.04. The first-order valence-corrected chi connectivity index (χ1v) is 6.12. The van der Waals surface area contributed by atoms with E-state index in [0.717, 1.165) is 13.0 Å². The molecule has 0 bridgehead atoms. The summed E-state index contributed by atoms with van der Waals surface area (Å²) in [4.78, 5) is 4.23. The van der Waals surface area contributed by atoms with Gasteiger partial charge in [0.1, 0.15) is 29.0 Å². The Balaban J connectivity index is 2.19. The van der Waals surface area contributed by atoms with Crippen molar-refractivity contribution in [2.24, 2.45) is 0 Å². The van der Waals surface area contributed by atoms with Gasteiger partial charge in [-0.1, -0.05) is 19.1 Å². The van der Waals surface area contributed by atoms with Gasteiger partial charge in [-0.15, -0.1) is 0 Å². The molecular formula is C14H15F2N3. The van der Waals surface area contributed by atoms with Crippen molar-refractivity contribution in [1.29, 1.82) is 0 Å². The Kier molecular flexibility index (Phi) is 4.28. The van der Waals surface area contributed by atoms with Gasteiger partial charge in [0.25, 0.3) is 0 Å². The van der Waals surface area contributed by atoms with E-state index in [1.165, 1.54) is 18.2 Å². The van der Waals surface area contributed by atoms with Gasteiger partial charge in [-0.05, 0) is 30.7 Å². The van der Waals surface area contributed by atoms with Crippen LogP contribution in [0.4, 0.5) is 26.1 Å². The van der Waals surface area contributed by atoms with Crippen LogP contribution >= 0.6 is 0 Å². The zero-order valence-electron chi connectivity index (χ0n) is 10.6. The van der Waals surface area contributed by atoms with Gasteiger partial charge in [-0.25, -0.2) is 13.8 Å². The summed E-state index contributed by atoms with van der Waals surface area (Å²) in [6.45, 7) is 2.84. The van der Waals surface area contributed by atoms with Crippen LogP contribution < -0.4 is 10.6 Å². The lowest BCUT2D eigenvalue weighted by Gasteiger charge is -2.10. The molecular weight excluding hydrogens is 248 g/mol. The second kappa shape index (κ2) is 6.13. The van der Waals surface area contributed by atoms with Crippen molar-refractivity contribution in [3.8, 4) is 0 Å². The number of para-hydroxylation sites is 1. The van der Waals surface area contributed by atoms with E-state index in [-0.39, 0.29) is 5.69 Å². The number of halogens is 2. The molecule has 0 unspecified atom stereocenters.